The average Bonchev–Trinajstić information content (AvgIpc) is 2.85. The van der Waals surface area contributed by atoms with E-state index >= 15 is 0 Å². The topological polar surface area (TPSA) is 34.1 Å². The lowest BCUT2D eigenvalue weighted by atomic mass is 9.88. The van der Waals surface area contributed by atoms with E-state index in [2.05, 4.69) is 60.7 Å². The highest BCUT2D eigenvalue weighted by molar-refractivity contribution is 7.73. The summed E-state index contributed by atoms with van der Waals surface area (Å²) in [6.45, 7) is 3.51. The summed E-state index contributed by atoms with van der Waals surface area (Å²) >= 11 is 0. The van der Waals surface area contributed by atoms with Gasteiger partial charge in [-0.05, 0) is 63.9 Å². The molecule has 1 aliphatic carbocycles. The highest BCUT2D eigenvalue weighted by Crippen LogP contribution is 2.34. The fourth-order valence-electron chi connectivity index (χ4n) is 4.38. The van der Waals surface area contributed by atoms with Gasteiger partial charge < -0.3 is 0 Å². The molecule has 0 aromatic heterocycles. The van der Waals surface area contributed by atoms with Crippen LogP contribution in [-0.2, 0) is 9.59 Å². The van der Waals surface area contributed by atoms with Gasteiger partial charge in [0.2, 0.25) is 0 Å². The van der Waals surface area contributed by atoms with Gasteiger partial charge in [0.1, 0.15) is 0 Å². The number of rotatable bonds is 13. The summed E-state index contributed by atoms with van der Waals surface area (Å²) in [6, 6.07) is 22.0. The minimum atomic E-state index is -0.263. The molecule has 0 aliphatic heterocycles. The van der Waals surface area contributed by atoms with Crippen molar-refractivity contribution in [1.29, 1.82) is 0 Å². The molecule has 0 bridgehead atoms. The van der Waals surface area contributed by atoms with Gasteiger partial charge in [0.15, 0.2) is 11.6 Å². The second-order valence-electron chi connectivity index (χ2n) is 9.01. The Morgan fingerprint density at radius 1 is 0.606 bits per heavy atom. The Balaban J connectivity index is 1.29. The smallest absolute Gasteiger partial charge is 0.185 e. The minimum Gasteiger partial charge on any atom is -0.290 e. The number of allylic oxidation sites excluding steroid dienone is 4. The molecule has 2 aromatic rings. The number of carbonyl (C=O) groups is 2. The molecule has 3 rings (SSSR count). The zero-order valence-electron chi connectivity index (χ0n) is 20.2. The molecule has 0 fully saturated rings. The lowest BCUT2D eigenvalue weighted by Gasteiger charge is -2.18. The number of hydrogen-bond donors (Lipinski definition) is 0. The number of carbonyl (C=O) groups excluding carboxylic acids is 2. The Morgan fingerprint density at radius 2 is 1.09 bits per heavy atom. The number of hydrogen-bond acceptors (Lipinski definition) is 2. The van der Waals surface area contributed by atoms with Gasteiger partial charge in [-0.3, -0.25) is 9.59 Å². The number of Topliss-reactive ketones (excluding diaryl/α,β-unsaturated/α-hetero) is 1. The van der Waals surface area contributed by atoms with Crippen LogP contribution in [0.5, 0.6) is 0 Å². The second-order valence-corrected chi connectivity index (χ2v) is 11.4. The van der Waals surface area contributed by atoms with Crippen molar-refractivity contribution in [2.24, 2.45) is 0 Å². The summed E-state index contributed by atoms with van der Waals surface area (Å²) in [5.41, 5.74) is 1.93. The summed E-state index contributed by atoms with van der Waals surface area (Å²) in [4.78, 5) is 24.2. The van der Waals surface area contributed by atoms with E-state index in [1.54, 1.807) is 19.9 Å². The van der Waals surface area contributed by atoms with E-state index in [0.29, 0.717) is 16.7 Å². The molecule has 0 unspecified atom stereocenters. The molecule has 0 amide bonds. The van der Waals surface area contributed by atoms with E-state index in [-0.39, 0.29) is 19.5 Å². The van der Waals surface area contributed by atoms with Gasteiger partial charge in [-0.1, -0.05) is 99.2 Å². The van der Waals surface area contributed by atoms with Crippen LogP contribution in [0.15, 0.2) is 83.5 Å². The standard InChI is InChI=1S/C30H37O2P/c1-24-25(2)30(32)26(23-29(24)31)17-11-7-5-3-4-6-8-16-22-33(27-18-12-9-13-19-27)28-20-14-10-15-21-28/h9-10,12-15,18-21,23H,3-8,11,16-17,22H2,1-2H3. The summed E-state index contributed by atoms with van der Waals surface area (Å²) in [7, 11) is -0.263. The highest BCUT2D eigenvalue weighted by atomic mass is 31.1. The van der Waals surface area contributed by atoms with E-state index in [1.165, 1.54) is 55.3 Å². The minimum absolute atomic E-state index is 0.00490. The fraction of sp³-hybridized carbons (Fsp3) is 0.400. The van der Waals surface area contributed by atoms with E-state index in [1.807, 2.05) is 0 Å². The van der Waals surface area contributed by atoms with Gasteiger partial charge in [-0.15, -0.1) is 0 Å². The highest BCUT2D eigenvalue weighted by Gasteiger charge is 2.22. The van der Waals surface area contributed by atoms with Crippen LogP contribution >= 0.6 is 7.92 Å². The van der Waals surface area contributed by atoms with Gasteiger partial charge in [0.05, 0.1) is 0 Å². The quantitative estimate of drug-likeness (QED) is 0.182. The molecule has 0 radical (unpaired) electrons. The molecule has 0 saturated heterocycles. The molecule has 0 saturated carbocycles. The first kappa shape index (κ1) is 25.3. The lowest BCUT2D eigenvalue weighted by Crippen LogP contribution is -2.16. The van der Waals surface area contributed by atoms with Crippen LogP contribution in [0.1, 0.15) is 71.6 Å². The van der Waals surface area contributed by atoms with Crippen LogP contribution < -0.4 is 10.6 Å². The summed E-state index contributed by atoms with van der Waals surface area (Å²) in [5, 5.41) is 2.96. The Hall–Kier alpha value is -2.31. The van der Waals surface area contributed by atoms with Crippen LogP contribution in [-0.4, -0.2) is 17.7 Å². The molecule has 0 heterocycles. The van der Waals surface area contributed by atoms with Crippen LogP contribution in [0.2, 0.25) is 0 Å². The van der Waals surface area contributed by atoms with Crippen LogP contribution in [0.4, 0.5) is 0 Å². The number of benzene rings is 2. The summed E-state index contributed by atoms with van der Waals surface area (Å²) in [5.74, 6) is 0.0726. The molecule has 0 spiro atoms. The molecule has 33 heavy (non-hydrogen) atoms. The third-order valence-corrected chi connectivity index (χ3v) is 9.19. The number of ketones is 2. The Kier molecular flexibility index (Phi) is 10.3. The first-order chi connectivity index (χ1) is 16.1. The molecule has 3 heteroatoms. The maximum atomic E-state index is 12.3. The van der Waals surface area contributed by atoms with Crippen molar-refractivity contribution < 1.29 is 9.59 Å². The molecular formula is C30H37O2P. The zero-order valence-corrected chi connectivity index (χ0v) is 21.1. The Bertz CT molecular complexity index is 933. The predicted octanol–water partition coefficient (Wildman–Crippen LogP) is 7.04. The van der Waals surface area contributed by atoms with Crippen molar-refractivity contribution >= 4 is 30.1 Å². The zero-order chi connectivity index (χ0) is 23.5. The van der Waals surface area contributed by atoms with Crippen LogP contribution in [0.3, 0.4) is 0 Å². The van der Waals surface area contributed by atoms with Crippen molar-refractivity contribution in [2.45, 2.75) is 71.6 Å². The molecule has 0 atom stereocenters. The van der Waals surface area contributed by atoms with Crippen LogP contribution in [0, 0.1) is 0 Å². The van der Waals surface area contributed by atoms with Crippen molar-refractivity contribution in [3.63, 3.8) is 0 Å². The Labute approximate surface area is 200 Å². The largest absolute Gasteiger partial charge is 0.290 e. The maximum Gasteiger partial charge on any atom is 0.185 e. The van der Waals surface area contributed by atoms with Crippen molar-refractivity contribution in [3.05, 3.63) is 83.5 Å². The van der Waals surface area contributed by atoms with Crippen molar-refractivity contribution in [2.75, 3.05) is 6.16 Å². The van der Waals surface area contributed by atoms with E-state index in [9.17, 15) is 9.59 Å². The second kappa shape index (κ2) is 13.4. The lowest BCUT2D eigenvalue weighted by molar-refractivity contribution is -0.116. The van der Waals surface area contributed by atoms with Gasteiger partial charge in [0, 0.05) is 16.7 Å². The fourth-order valence-corrected chi connectivity index (χ4v) is 6.80. The van der Waals surface area contributed by atoms with E-state index in [0.717, 1.165) is 19.3 Å². The first-order valence-electron chi connectivity index (χ1n) is 12.4. The monoisotopic (exact) mass is 460 g/mol. The van der Waals surface area contributed by atoms with Crippen LogP contribution in [0.25, 0.3) is 0 Å². The summed E-state index contributed by atoms with van der Waals surface area (Å²) in [6.07, 6.45) is 13.3. The SMILES string of the molecule is CC1=C(C)C(=O)C(CCCCCCCCCCP(c2ccccc2)c2ccccc2)=CC1=O. The molecular weight excluding hydrogens is 423 g/mol. The molecule has 2 aromatic carbocycles. The first-order valence-corrected chi connectivity index (χ1v) is 14.0. The number of unbranched alkanes of at least 4 members (excludes halogenated alkanes) is 7. The molecule has 0 N–H and O–H groups in total. The van der Waals surface area contributed by atoms with Gasteiger partial charge >= 0.3 is 0 Å². The molecule has 174 valence electrons. The molecule has 2 nitrogen and oxygen atoms in total. The van der Waals surface area contributed by atoms with Gasteiger partial charge in [0.25, 0.3) is 0 Å². The maximum absolute atomic E-state index is 12.3. The van der Waals surface area contributed by atoms with Gasteiger partial charge in [-0.25, -0.2) is 0 Å². The van der Waals surface area contributed by atoms with E-state index in [4.69, 9.17) is 0 Å². The van der Waals surface area contributed by atoms with Crippen molar-refractivity contribution in [3.8, 4) is 0 Å². The average molecular weight is 461 g/mol. The third kappa shape index (κ3) is 7.61. The van der Waals surface area contributed by atoms with E-state index < -0.39 is 0 Å². The van der Waals surface area contributed by atoms with Gasteiger partial charge in [-0.2, -0.15) is 0 Å². The summed E-state index contributed by atoms with van der Waals surface area (Å²) < 4.78 is 0. The third-order valence-electron chi connectivity index (χ3n) is 6.58. The predicted molar refractivity (Wildman–Crippen MR) is 142 cm³/mol. The Morgan fingerprint density at radius 3 is 1.64 bits per heavy atom. The van der Waals surface area contributed by atoms with Crippen molar-refractivity contribution in [1.82, 2.24) is 0 Å². The molecule has 1 aliphatic rings. The normalized spacial score (nSPS) is 14.2.